The van der Waals surface area contributed by atoms with Crippen molar-refractivity contribution in [2.45, 2.75) is 6.10 Å². The summed E-state index contributed by atoms with van der Waals surface area (Å²) in [6, 6.07) is 4.13. The van der Waals surface area contributed by atoms with Crippen molar-refractivity contribution >= 4 is 29.3 Å². The molecule has 33 heavy (non-hydrogen) atoms. The van der Waals surface area contributed by atoms with Gasteiger partial charge < -0.3 is 19.2 Å². The molecule has 176 valence electrons. The van der Waals surface area contributed by atoms with E-state index in [0.717, 1.165) is 34.2 Å². The Morgan fingerprint density at radius 2 is 1.94 bits per heavy atom. The highest BCUT2D eigenvalue weighted by Crippen LogP contribution is 2.31. The maximum Gasteiger partial charge on any atom is 0.433 e. The van der Waals surface area contributed by atoms with Crippen LogP contribution >= 0.6 is 0 Å². The third-order valence-electron chi connectivity index (χ3n) is 5.10. The number of amides is 2. The molecule has 2 amide bonds. The second-order valence-corrected chi connectivity index (χ2v) is 7.18. The van der Waals surface area contributed by atoms with Crippen LogP contribution in [-0.2, 0) is 9.57 Å². The van der Waals surface area contributed by atoms with Crippen molar-refractivity contribution in [1.82, 2.24) is 5.06 Å². The zero-order valence-corrected chi connectivity index (χ0v) is 17.0. The number of aliphatic hydroxyl groups excluding tert-OH is 1. The van der Waals surface area contributed by atoms with Crippen LogP contribution in [0.2, 0.25) is 0 Å². The molecule has 2 fully saturated rings. The predicted octanol–water partition coefficient (Wildman–Crippen LogP) is 1.68. The monoisotopic (exact) mass is 468 g/mol. The van der Waals surface area contributed by atoms with Crippen molar-refractivity contribution in [3.05, 3.63) is 51.8 Å². The molecule has 1 atom stereocenters. The first-order valence-corrected chi connectivity index (χ1v) is 9.80. The molecule has 3 heterocycles. The van der Waals surface area contributed by atoms with Gasteiger partial charge in [0.2, 0.25) is 5.76 Å². The Morgan fingerprint density at radius 3 is 2.55 bits per heavy atom. The van der Waals surface area contributed by atoms with Crippen molar-refractivity contribution < 1.29 is 42.4 Å². The number of rotatable bonds is 5. The summed E-state index contributed by atoms with van der Waals surface area (Å²) in [6.07, 6.45) is -1.61. The first kappa shape index (κ1) is 22.4. The molecule has 14 heteroatoms. The number of anilines is 2. The van der Waals surface area contributed by atoms with Gasteiger partial charge in [-0.1, -0.05) is 0 Å². The van der Waals surface area contributed by atoms with Gasteiger partial charge in [0.25, 0.3) is 0 Å². The van der Waals surface area contributed by atoms with Gasteiger partial charge in [-0.05, 0) is 6.07 Å². The summed E-state index contributed by atoms with van der Waals surface area (Å²) in [7, 11) is 0. The first-order valence-electron chi connectivity index (χ1n) is 9.80. The van der Waals surface area contributed by atoms with Crippen molar-refractivity contribution in [3.8, 4) is 0 Å². The Hall–Kier alpha value is -3.78. The molecule has 4 rings (SSSR count). The van der Waals surface area contributed by atoms with Crippen LogP contribution < -0.4 is 9.80 Å². The predicted molar refractivity (Wildman–Crippen MR) is 106 cm³/mol. The lowest BCUT2D eigenvalue weighted by Crippen LogP contribution is -2.34. The molecule has 0 radical (unpaired) electrons. The number of cyclic esters (lactones) is 1. The first-order chi connectivity index (χ1) is 15.8. The lowest BCUT2D eigenvalue weighted by molar-refractivity contribution is -0.402. The number of nitrogens with zero attached hydrogens (tertiary/aromatic N) is 4. The number of hydrogen-bond donors (Lipinski definition) is 1. The summed E-state index contributed by atoms with van der Waals surface area (Å²) in [5.41, 5.74) is -0.423. The van der Waals surface area contributed by atoms with Crippen LogP contribution in [0.25, 0.3) is 0 Å². The highest BCUT2D eigenvalue weighted by atomic mass is 19.1. The molecule has 0 unspecified atom stereocenters. The topological polar surface area (TPSA) is 139 Å². The minimum absolute atomic E-state index is 0.0138. The van der Waals surface area contributed by atoms with E-state index < -0.39 is 47.2 Å². The summed E-state index contributed by atoms with van der Waals surface area (Å²) >= 11 is 0. The average Bonchev–Trinajstić information content (AvgIpc) is 3.34. The van der Waals surface area contributed by atoms with Crippen molar-refractivity contribution in [3.63, 3.8) is 0 Å². The second-order valence-electron chi connectivity index (χ2n) is 7.18. The normalized spacial score (nSPS) is 18.9. The van der Waals surface area contributed by atoms with Gasteiger partial charge in [0.1, 0.15) is 16.7 Å². The standard InChI is InChI=1S/C19H18F2N4O8/c20-13-7-11(23-9-12(10-26)32-19(23)28)8-14(21)17(13)22-3-4-24(31-6-5-22)18(27)15-1-2-16(33-15)25(29)30/h1-2,7-8,12,26H,3-6,9-10H2/t12-/m1/s1. The van der Waals surface area contributed by atoms with Crippen molar-refractivity contribution in [2.24, 2.45) is 0 Å². The van der Waals surface area contributed by atoms with E-state index in [-0.39, 0.29) is 49.9 Å². The van der Waals surface area contributed by atoms with Crippen LogP contribution in [0.4, 0.5) is 30.8 Å². The molecule has 0 saturated carbocycles. The fourth-order valence-electron chi connectivity index (χ4n) is 3.53. The van der Waals surface area contributed by atoms with Gasteiger partial charge in [0.15, 0.2) is 11.6 Å². The molecule has 0 spiro atoms. The van der Waals surface area contributed by atoms with Crippen LogP contribution in [0, 0.1) is 21.7 Å². The van der Waals surface area contributed by atoms with E-state index in [0.29, 0.717) is 0 Å². The maximum absolute atomic E-state index is 14.9. The summed E-state index contributed by atoms with van der Waals surface area (Å²) in [6.45, 7) is -0.656. The number of halogens is 2. The molecule has 0 bridgehead atoms. The largest absolute Gasteiger partial charge is 0.441 e. The zero-order chi connectivity index (χ0) is 23.7. The smallest absolute Gasteiger partial charge is 0.433 e. The minimum atomic E-state index is -0.938. The highest BCUT2D eigenvalue weighted by Gasteiger charge is 2.34. The number of hydroxylamine groups is 2. The average molecular weight is 468 g/mol. The van der Waals surface area contributed by atoms with E-state index in [1.54, 1.807) is 0 Å². The SMILES string of the molecule is O=C(c1ccc([N+](=O)[O-])o1)N1CCN(c2c(F)cc(N3C[C@H](CO)OC3=O)cc2F)CCO1. The van der Waals surface area contributed by atoms with Crippen LogP contribution in [0.3, 0.4) is 0 Å². The van der Waals surface area contributed by atoms with Crippen molar-refractivity contribution in [1.29, 1.82) is 0 Å². The van der Waals surface area contributed by atoms with E-state index in [4.69, 9.17) is 19.1 Å². The lowest BCUT2D eigenvalue weighted by Gasteiger charge is -2.24. The Kier molecular flexibility index (Phi) is 6.11. The number of furan rings is 1. The van der Waals surface area contributed by atoms with Gasteiger partial charge in [-0.15, -0.1) is 0 Å². The van der Waals surface area contributed by atoms with E-state index in [2.05, 4.69) is 0 Å². The van der Waals surface area contributed by atoms with E-state index in [9.17, 15) is 28.5 Å². The molecule has 0 aliphatic carbocycles. The summed E-state index contributed by atoms with van der Waals surface area (Å²) < 4.78 is 39.5. The number of nitro groups is 1. The number of carbonyl (C=O) groups excluding carboxylic acids is 2. The van der Waals surface area contributed by atoms with E-state index in [1.165, 1.54) is 4.90 Å². The van der Waals surface area contributed by atoms with Gasteiger partial charge in [-0.2, -0.15) is 0 Å². The summed E-state index contributed by atoms with van der Waals surface area (Å²) in [5, 5.41) is 20.8. The third kappa shape index (κ3) is 4.42. The molecule has 2 aromatic rings. The molecular weight excluding hydrogens is 450 g/mol. The summed E-state index contributed by atoms with van der Waals surface area (Å²) in [4.78, 5) is 42.0. The van der Waals surface area contributed by atoms with Crippen LogP contribution in [-0.4, -0.2) is 72.6 Å². The van der Waals surface area contributed by atoms with Gasteiger partial charge >= 0.3 is 17.9 Å². The lowest BCUT2D eigenvalue weighted by atomic mass is 10.2. The third-order valence-corrected chi connectivity index (χ3v) is 5.10. The number of ether oxygens (including phenoxy) is 1. The molecule has 12 nitrogen and oxygen atoms in total. The van der Waals surface area contributed by atoms with Crippen molar-refractivity contribution in [2.75, 3.05) is 49.2 Å². The van der Waals surface area contributed by atoms with E-state index in [1.807, 2.05) is 0 Å². The molecule has 2 aliphatic heterocycles. The van der Waals surface area contributed by atoms with Gasteiger partial charge in [-0.3, -0.25) is 24.6 Å². The fourth-order valence-corrected chi connectivity index (χ4v) is 3.53. The fraction of sp³-hybridized carbons (Fsp3) is 0.368. The molecule has 1 aromatic heterocycles. The maximum atomic E-state index is 14.9. The van der Waals surface area contributed by atoms with Gasteiger partial charge in [-0.25, -0.2) is 18.6 Å². The van der Waals surface area contributed by atoms with Crippen LogP contribution in [0.5, 0.6) is 0 Å². The summed E-state index contributed by atoms with van der Waals surface area (Å²) in [5.74, 6) is -3.56. The number of carbonyl (C=O) groups is 2. The van der Waals surface area contributed by atoms with Crippen LogP contribution in [0.15, 0.2) is 28.7 Å². The molecule has 1 N–H and O–H groups in total. The van der Waals surface area contributed by atoms with E-state index >= 15 is 0 Å². The number of aliphatic hydroxyl groups is 1. The Bertz CT molecular complexity index is 1070. The van der Waals surface area contributed by atoms with Gasteiger partial charge in [0, 0.05) is 25.2 Å². The molecular formula is C19H18F2N4O8. The van der Waals surface area contributed by atoms with Gasteiger partial charge in [0.05, 0.1) is 38.1 Å². The molecule has 1 aromatic carbocycles. The molecule has 2 aliphatic rings. The van der Waals surface area contributed by atoms with Crippen LogP contribution in [0.1, 0.15) is 10.6 Å². The number of hydrogen-bond acceptors (Lipinski definition) is 9. The Morgan fingerprint density at radius 1 is 1.21 bits per heavy atom. The quantitative estimate of drug-likeness (QED) is 0.513. The number of benzene rings is 1. The zero-order valence-electron chi connectivity index (χ0n) is 17.0. The highest BCUT2D eigenvalue weighted by molar-refractivity contribution is 5.91. The molecule has 2 saturated heterocycles. The Labute approximate surface area is 184 Å². The minimum Gasteiger partial charge on any atom is -0.441 e. The second kappa shape index (κ2) is 8.99. The Balaban J connectivity index is 1.48.